The number of hydrogen-bond donors (Lipinski definition) is 0. The van der Waals surface area contributed by atoms with Crippen molar-refractivity contribution >= 4 is 5.97 Å². The molecule has 2 unspecified atom stereocenters. The Labute approximate surface area is 78.8 Å². The van der Waals surface area contributed by atoms with Crippen molar-refractivity contribution in [1.82, 2.24) is 4.90 Å². The zero-order valence-electron chi connectivity index (χ0n) is 8.45. The van der Waals surface area contributed by atoms with Gasteiger partial charge >= 0.3 is 5.97 Å². The SMILES string of the molecule is CCN1CC(OC)CC1C(=O)OC. The lowest BCUT2D eigenvalue weighted by Gasteiger charge is -2.19. The number of ether oxygens (including phenoxy) is 2. The molecule has 1 aliphatic rings. The molecule has 0 N–H and O–H groups in total. The molecule has 0 saturated carbocycles. The number of nitrogens with zero attached hydrogens (tertiary/aromatic N) is 1. The fourth-order valence-corrected chi connectivity index (χ4v) is 1.76. The summed E-state index contributed by atoms with van der Waals surface area (Å²) in [4.78, 5) is 13.4. The molecule has 0 radical (unpaired) electrons. The Hall–Kier alpha value is -0.610. The van der Waals surface area contributed by atoms with Crippen molar-refractivity contribution in [3.05, 3.63) is 0 Å². The smallest absolute Gasteiger partial charge is 0.323 e. The van der Waals surface area contributed by atoms with Crippen LogP contribution >= 0.6 is 0 Å². The molecule has 2 atom stereocenters. The van der Waals surface area contributed by atoms with Crippen LogP contribution in [-0.2, 0) is 14.3 Å². The van der Waals surface area contributed by atoms with Gasteiger partial charge in [-0.1, -0.05) is 6.92 Å². The van der Waals surface area contributed by atoms with Gasteiger partial charge in [0.2, 0.25) is 0 Å². The van der Waals surface area contributed by atoms with Crippen molar-refractivity contribution in [1.29, 1.82) is 0 Å². The molecule has 0 amide bonds. The standard InChI is InChI=1S/C9H17NO3/c1-4-10-6-7(12-2)5-8(10)9(11)13-3/h7-8H,4-6H2,1-3H3. The predicted octanol–water partition coefficient (Wildman–Crippen LogP) is 0.269. The highest BCUT2D eigenvalue weighted by molar-refractivity contribution is 5.76. The van der Waals surface area contributed by atoms with Crippen LogP contribution in [0, 0.1) is 0 Å². The molecule has 0 aromatic rings. The topological polar surface area (TPSA) is 38.8 Å². The van der Waals surface area contributed by atoms with Crippen LogP contribution in [0.5, 0.6) is 0 Å². The normalized spacial score (nSPS) is 29.2. The van der Waals surface area contributed by atoms with E-state index in [1.54, 1.807) is 7.11 Å². The van der Waals surface area contributed by atoms with Gasteiger partial charge in [-0.05, 0) is 6.54 Å². The van der Waals surface area contributed by atoms with E-state index in [0.29, 0.717) is 0 Å². The van der Waals surface area contributed by atoms with E-state index in [9.17, 15) is 4.79 Å². The maximum absolute atomic E-state index is 11.3. The summed E-state index contributed by atoms with van der Waals surface area (Å²) in [5, 5.41) is 0. The van der Waals surface area contributed by atoms with E-state index in [-0.39, 0.29) is 18.1 Å². The van der Waals surface area contributed by atoms with E-state index in [4.69, 9.17) is 9.47 Å². The van der Waals surface area contributed by atoms with Gasteiger partial charge in [0.15, 0.2) is 0 Å². The van der Waals surface area contributed by atoms with Crippen LogP contribution in [0.1, 0.15) is 13.3 Å². The van der Waals surface area contributed by atoms with Gasteiger partial charge in [0, 0.05) is 20.1 Å². The fourth-order valence-electron chi connectivity index (χ4n) is 1.76. The molecule has 1 aliphatic heterocycles. The number of likely N-dealkylation sites (N-methyl/N-ethyl adjacent to an activating group) is 1. The summed E-state index contributed by atoms with van der Waals surface area (Å²) in [6, 6.07) is -0.111. The monoisotopic (exact) mass is 187 g/mol. The lowest BCUT2D eigenvalue weighted by atomic mass is 10.2. The summed E-state index contributed by atoms with van der Waals surface area (Å²) in [5.74, 6) is -0.151. The molecule has 4 nitrogen and oxygen atoms in total. The number of hydrogen-bond acceptors (Lipinski definition) is 4. The number of likely N-dealkylation sites (tertiary alicyclic amines) is 1. The van der Waals surface area contributed by atoms with Crippen LogP contribution < -0.4 is 0 Å². The Morgan fingerprint density at radius 1 is 1.54 bits per heavy atom. The average molecular weight is 187 g/mol. The Kier molecular flexibility index (Phi) is 3.69. The van der Waals surface area contributed by atoms with Crippen LogP contribution in [0.25, 0.3) is 0 Å². The molecule has 0 bridgehead atoms. The lowest BCUT2D eigenvalue weighted by Crippen LogP contribution is -2.36. The first-order chi connectivity index (χ1) is 6.22. The Morgan fingerprint density at radius 2 is 2.23 bits per heavy atom. The number of carbonyl (C=O) groups is 1. The summed E-state index contributed by atoms with van der Waals surface area (Å²) in [6.07, 6.45) is 0.917. The molecule has 76 valence electrons. The molecule has 0 aromatic carbocycles. The van der Waals surface area contributed by atoms with Gasteiger partial charge in [-0.2, -0.15) is 0 Å². The van der Waals surface area contributed by atoms with Gasteiger partial charge in [-0.25, -0.2) is 0 Å². The highest BCUT2D eigenvalue weighted by Crippen LogP contribution is 2.20. The summed E-state index contributed by atoms with van der Waals surface area (Å²) in [5.41, 5.74) is 0. The molecule has 0 aromatic heterocycles. The summed E-state index contributed by atoms with van der Waals surface area (Å²) in [6.45, 7) is 3.72. The third kappa shape index (κ3) is 2.19. The average Bonchev–Trinajstić information content (AvgIpc) is 2.59. The lowest BCUT2D eigenvalue weighted by molar-refractivity contribution is -0.145. The fraction of sp³-hybridized carbons (Fsp3) is 0.889. The number of carbonyl (C=O) groups excluding carboxylic acids is 1. The molecule has 1 heterocycles. The van der Waals surface area contributed by atoms with E-state index in [2.05, 4.69) is 4.90 Å². The third-order valence-electron chi connectivity index (χ3n) is 2.58. The van der Waals surface area contributed by atoms with Crippen LogP contribution in [0.2, 0.25) is 0 Å². The Morgan fingerprint density at radius 3 is 2.69 bits per heavy atom. The molecule has 13 heavy (non-hydrogen) atoms. The molecule has 4 heteroatoms. The van der Waals surface area contributed by atoms with Gasteiger partial charge in [0.05, 0.1) is 13.2 Å². The zero-order chi connectivity index (χ0) is 9.84. The van der Waals surface area contributed by atoms with Crippen LogP contribution in [0.4, 0.5) is 0 Å². The third-order valence-corrected chi connectivity index (χ3v) is 2.58. The quantitative estimate of drug-likeness (QED) is 0.594. The van der Waals surface area contributed by atoms with Crippen LogP contribution in [-0.4, -0.2) is 50.3 Å². The second-order valence-electron chi connectivity index (χ2n) is 3.22. The van der Waals surface area contributed by atoms with Gasteiger partial charge < -0.3 is 9.47 Å². The predicted molar refractivity (Wildman–Crippen MR) is 48.5 cm³/mol. The van der Waals surface area contributed by atoms with Crippen molar-refractivity contribution in [3.8, 4) is 0 Å². The largest absolute Gasteiger partial charge is 0.468 e. The minimum Gasteiger partial charge on any atom is -0.468 e. The minimum absolute atomic E-state index is 0.111. The number of esters is 1. The first kappa shape index (κ1) is 10.5. The highest BCUT2D eigenvalue weighted by atomic mass is 16.5. The molecular weight excluding hydrogens is 170 g/mol. The molecule has 1 fully saturated rings. The number of methoxy groups -OCH3 is 2. The van der Waals surface area contributed by atoms with Crippen molar-refractivity contribution in [2.75, 3.05) is 27.3 Å². The Balaban J connectivity index is 2.57. The zero-order valence-corrected chi connectivity index (χ0v) is 8.45. The van der Waals surface area contributed by atoms with Gasteiger partial charge in [-0.3, -0.25) is 9.69 Å². The molecule has 1 saturated heterocycles. The van der Waals surface area contributed by atoms with Gasteiger partial charge in [0.25, 0.3) is 0 Å². The second-order valence-corrected chi connectivity index (χ2v) is 3.22. The first-order valence-corrected chi connectivity index (χ1v) is 4.57. The van der Waals surface area contributed by atoms with Crippen LogP contribution in [0.3, 0.4) is 0 Å². The van der Waals surface area contributed by atoms with E-state index < -0.39 is 0 Å². The van der Waals surface area contributed by atoms with E-state index in [1.165, 1.54) is 7.11 Å². The van der Waals surface area contributed by atoms with Crippen molar-refractivity contribution in [2.45, 2.75) is 25.5 Å². The van der Waals surface area contributed by atoms with E-state index in [1.807, 2.05) is 6.92 Å². The summed E-state index contributed by atoms with van der Waals surface area (Å²) >= 11 is 0. The summed E-state index contributed by atoms with van der Waals surface area (Å²) < 4.78 is 9.94. The Bertz CT molecular complexity index is 184. The van der Waals surface area contributed by atoms with Crippen LogP contribution in [0.15, 0.2) is 0 Å². The number of rotatable bonds is 3. The second kappa shape index (κ2) is 4.58. The first-order valence-electron chi connectivity index (χ1n) is 4.57. The maximum Gasteiger partial charge on any atom is 0.323 e. The molecule has 1 rings (SSSR count). The minimum atomic E-state index is -0.151. The van der Waals surface area contributed by atoms with Gasteiger partial charge in [-0.15, -0.1) is 0 Å². The van der Waals surface area contributed by atoms with E-state index in [0.717, 1.165) is 19.5 Å². The van der Waals surface area contributed by atoms with Crippen molar-refractivity contribution in [3.63, 3.8) is 0 Å². The van der Waals surface area contributed by atoms with Crippen molar-refractivity contribution < 1.29 is 14.3 Å². The van der Waals surface area contributed by atoms with Gasteiger partial charge in [0.1, 0.15) is 6.04 Å². The summed E-state index contributed by atoms with van der Waals surface area (Å²) in [7, 11) is 3.11. The maximum atomic E-state index is 11.3. The molecular formula is C9H17NO3. The molecule has 0 aliphatic carbocycles. The highest BCUT2D eigenvalue weighted by Gasteiger charge is 2.36. The molecule has 0 spiro atoms. The van der Waals surface area contributed by atoms with Crippen molar-refractivity contribution in [2.24, 2.45) is 0 Å². The van der Waals surface area contributed by atoms with E-state index >= 15 is 0 Å².